The monoisotopic (exact) mass is 398 g/mol. The maximum absolute atomic E-state index is 14.1. The number of halogens is 4. The number of amides is 1. The van der Waals surface area contributed by atoms with Crippen LogP contribution >= 0.6 is 11.3 Å². The van der Waals surface area contributed by atoms with Crippen LogP contribution in [-0.2, 0) is 12.8 Å². The molecule has 1 aromatic carbocycles. The summed E-state index contributed by atoms with van der Waals surface area (Å²) in [6, 6.07) is 1.99. The first-order valence-electron chi connectivity index (χ1n) is 8.06. The molecule has 0 saturated heterocycles. The Kier molecular flexibility index (Phi) is 5.11. The number of ether oxygens (including phenoxy) is 1. The van der Waals surface area contributed by atoms with E-state index in [0.29, 0.717) is 12.3 Å². The molecule has 0 spiro atoms. The van der Waals surface area contributed by atoms with E-state index in [1.54, 1.807) is 0 Å². The topological polar surface area (TPSA) is 62.1 Å². The molecule has 1 heterocycles. The number of hydrogen-bond acceptors (Lipinski definition) is 4. The fraction of sp³-hybridized carbons (Fsp3) is 0.333. The van der Waals surface area contributed by atoms with Crippen LogP contribution in [0.5, 0.6) is 5.75 Å². The first-order chi connectivity index (χ1) is 12.8. The lowest BCUT2D eigenvalue weighted by atomic mass is 9.88. The average Bonchev–Trinajstić information content (AvgIpc) is 2.96. The molecular weight excluding hydrogens is 384 g/mol. The number of anilines is 1. The van der Waals surface area contributed by atoms with Gasteiger partial charge in [0.25, 0.3) is 5.91 Å². The number of rotatable bonds is 3. The summed E-state index contributed by atoms with van der Waals surface area (Å²) in [5.74, 6) is -9.56. The number of benzene rings is 1. The fourth-order valence-corrected chi connectivity index (χ4v) is 4.47. The van der Waals surface area contributed by atoms with Gasteiger partial charge in [-0.3, -0.25) is 4.79 Å². The molecule has 0 unspecified atom stereocenters. The van der Waals surface area contributed by atoms with Gasteiger partial charge in [0.05, 0.1) is 12.7 Å². The maximum atomic E-state index is 14.1. The quantitative estimate of drug-likeness (QED) is 0.609. The third-order valence-electron chi connectivity index (χ3n) is 4.50. The Balaban J connectivity index is 2.02. The van der Waals surface area contributed by atoms with Crippen molar-refractivity contribution in [2.24, 2.45) is 5.92 Å². The molecule has 1 amide bonds. The van der Waals surface area contributed by atoms with Crippen molar-refractivity contribution in [3.05, 3.63) is 44.8 Å². The summed E-state index contributed by atoms with van der Waals surface area (Å²) in [6.45, 7) is 2.06. The molecule has 0 fully saturated rings. The molecule has 1 atom stereocenters. The van der Waals surface area contributed by atoms with Crippen LogP contribution in [0, 0.1) is 40.5 Å². The van der Waals surface area contributed by atoms with Crippen LogP contribution in [0.25, 0.3) is 0 Å². The summed E-state index contributed by atoms with van der Waals surface area (Å²) in [5, 5.41) is 11.7. The highest BCUT2D eigenvalue weighted by Crippen LogP contribution is 2.39. The van der Waals surface area contributed by atoms with Gasteiger partial charge in [0, 0.05) is 4.88 Å². The van der Waals surface area contributed by atoms with E-state index in [-0.39, 0.29) is 10.6 Å². The summed E-state index contributed by atoms with van der Waals surface area (Å²) in [5.41, 5.74) is -0.399. The van der Waals surface area contributed by atoms with Crippen molar-refractivity contribution in [2.75, 3.05) is 12.4 Å². The van der Waals surface area contributed by atoms with Gasteiger partial charge < -0.3 is 10.1 Å². The molecule has 142 valence electrons. The van der Waals surface area contributed by atoms with Gasteiger partial charge in [-0.05, 0) is 30.7 Å². The van der Waals surface area contributed by atoms with Gasteiger partial charge in [-0.2, -0.15) is 14.0 Å². The van der Waals surface area contributed by atoms with E-state index in [1.165, 1.54) is 0 Å². The smallest absolute Gasteiger partial charge is 0.262 e. The van der Waals surface area contributed by atoms with Gasteiger partial charge in [-0.15, -0.1) is 11.3 Å². The van der Waals surface area contributed by atoms with Gasteiger partial charge in [0.1, 0.15) is 16.6 Å². The second kappa shape index (κ2) is 7.19. The SMILES string of the molecule is COc1c(F)c(F)c(C(=O)Nc2sc3c(c2C#N)CC[C@H](C)C3)c(F)c1F. The normalized spacial score (nSPS) is 15.8. The largest absolute Gasteiger partial charge is 0.491 e. The molecule has 9 heteroatoms. The molecule has 0 aliphatic heterocycles. The molecule has 4 nitrogen and oxygen atoms in total. The molecule has 1 aliphatic rings. The van der Waals surface area contributed by atoms with Crippen molar-refractivity contribution in [3.8, 4) is 11.8 Å². The Morgan fingerprint density at radius 3 is 2.41 bits per heavy atom. The number of methoxy groups -OCH3 is 1. The molecule has 3 rings (SSSR count). The van der Waals surface area contributed by atoms with Crippen LogP contribution < -0.4 is 10.1 Å². The zero-order valence-corrected chi connectivity index (χ0v) is 15.2. The lowest BCUT2D eigenvalue weighted by Crippen LogP contribution is -2.18. The zero-order chi connectivity index (χ0) is 19.9. The second-order valence-corrected chi connectivity index (χ2v) is 7.39. The lowest BCUT2D eigenvalue weighted by Gasteiger charge is -2.17. The van der Waals surface area contributed by atoms with Crippen LogP contribution in [0.2, 0.25) is 0 Å². The minimum Gasteiger partial charge on any atom is -0.491 e. The van der Waals surface area contributed by atoms with Crippen LogP contribution in [0.15, 0.2) is 0 Å². The summed E-state index contributed by atoms with van der Waals surface area (Å²) < 4.78 is 60.2. The van der Waals surface area contributed by atoms with E-state index >= 15 is 0 Å². The number of nitriles is 1. The number of nitrogens with one attached hydrogen (secondary N) is 1. The van der Waals surface area contributed by atoms with E-state index in [2.05, 4.69) is 17.0 Å². The number of thiophene rings is 1. The standard InChI is InChI=1S/C18H14F4N2O2S/c1-7-3-4-8-9(6-23)18(27-10(8)5-7)24-17(25)11-12(19)14(21)16(26-2)15(22)13(11)20/h7H,3-5H2,1-2H3,(H,24,25)/t7-/m0/s1. The third-order valence-corrected chi connectivity index (χ3v) is 5.67. The molecule has 0 bridgehead atoms. The number of fused-ring (bicyclic) bond motifs is 1. The van der Waals surface area contributed by atoms with Crippen molar-refractivity contribution in [1.29, 1.82) is 5.26 Å². The van der Waals surface area contributed by atoms with Crippen LogP contribution in [0.3, 0.4) is 0 Å². The second-order valence-electron chi connectivity index (χ2n) is 6.29. The van der Waals surface area contributed by atoms with Crippen molar-refractivity contribution in [1.82, 2.24) is 0 Å². The van der Waals surface area contributed by atoms with E-state index in [4.69, 9.17) is 0 Å². The Bertz CT molecular complexity index is 952. The molecule has 27 heavy (non-hydrogen) atoms. The highest BCUT2D eigenvalue weighted by atomic mass is 32.1. The Morgan fingerprint density at radius 1 is 1.22 bits per heavy atom. The summed E-state index contributed by atoms with van der Waals surface area (Å²) in [6.07, 6.45) is 2.25. The van der Waals surface area contributed by atoms with Gasteiger partial charge in [0.2, 0.25) is 11.6 Å². The van der Waals surface area contributed by atoms with Gasteiger partial charge >= 0.3 is 0 Å². The van der Waals surface area contributed by atoms with Crippen molar-refractivity contribution >= 4 is 22.2 Å². The molecule has 1 aromatic heterocycles. The zero-order valence-electron chi connectivity index (χ0n) is 14.4. The number of carbonyl (C=O) groups excluding carboxylic acids is 1. The number of carbonyl (C=O) groups is 1. The van der Waals surface area contributed by atoms with Crippen molar-refractivity contribution < 1.29 is 27.1 Å². The first-order valence-corrected chi connectivity index (χ1v) is 8.87. The number of hydrogen-bond donors (Lipinski definition) is 1. The highest BCUT2D eigenvalue weighted by Gasteiger charge is 2.31. The van der Waals surface area contributed by atoms with Crippen LogP contribution in [0.4, 0.5) is 22.6 Å². The van der Waals surface area contributed by atoms with E-state index < -0.39 is 40.5 Å². The van der Waals surface area contributed by atoms with E-state index in [1.807, 2.05) is 6.07 Å². The first kappa shape index (κ1) is 19.2. The van der Waals surface area contributed by atoms with E-state index in [0.717, 1.165) is 41.7 Å². The number of nitrogens with zero attached hydrogens (tertiary/aromatic N) is 1. The van der Waals surface area contributed by atoms with Crippen molar-refractivity contribution in [3.63, 3.8) is 0 Å². The molecule has 0 saturated carbocycles. The van der Waals surface area contributed by atoms with Crippen molar-refractivity contribution in [2.45, 2.75) is 26.2 Å². The molecule has 1 aliphatic carbocycles. The minimum absolute atomic E-state index is 0.108. The molecule has 2 aromatic rings. The minimum atomic E-state index is -1.86. The summed E-state index contributed by atoms with van der Waals surface area (Å²) in [7, 11) is 0.844. The predicted octanol–water partition coefficient (Wildman–Crippen LogP) is 4.56. The third kappa shape index (κ3) is 3.14. The predicted molar refractivity (Wildman–Crippen MR) is 91.0 cm³/mol. The summed E-state index contributed by atoms with van der Waals surface area (Å²) >= 11 is 1.13. The fourth-order valence-electron chi connectivity index (χ4n) is 3.11. The Morgan fingerprint density at radius 2 is 1.85 bits per heavy atom. The molecule has 1 N–H and O–H groups in total. The van der Waals surface area contributed by atoms with E-state index in [9.17, 15) is 27.6 Å². The van der Waals surface area contributed by atoms with Crippen LogP contribution in [0.1, 0.15) is 39.7 Å². The Hall–Kier alpha value is -2.60. The maximum Gasteiger partial charge on any atom is 0.262 e. The van der Waals surface area contributed by atoms with Gasteiger partial charge in [-0.1, -0.05) is 6.92 Å². The van der Waals surface area contributed by atoms with Gasteiger partial charge in [0.15, 0.2) is 17.4 Å². The molecule has 0 radical (unpaired) electrons. The highest BCUT2D eigenvalue weighted by molar-refractivity contribution is 7.16. The van der Waals surface area contributed by atoms with Gasteiger partial charge in [-0.25, -0.2) is 8.78 Å². The van der Waals surface area contributed by atoms with Crippen LogP contribution in [-0.4, -0.2) is 13.0 Å². The molecular formula is C18H14F4N2O2S. The lowest BCUT2D eigenvalue weighted by molar-refractivity contribution is 0.101. The Labute approximate surface area is 156 Å². The summed E-state index contributed by atoms with van der Waals surface area (Å²) in [4.78, 5) is 13.2. The average molecular weight is 398 g/mol.